The van der Waals surface area contributed by atoms with Gasteiger partial charge in [0.15, 0.2) is 11.5 Å². The number of rotatable bonds is 22. The van der Waals surface area contributed by atoms with E-state index < -0.39 is 12.1 Å². The Morgan fingerprint density at radius 1 is 1.09 bits per heavy atom. The number of methoxy groups -OCH3 is 2. The molecule has 262 valence electrons. The van der Waals surface area contributed by atoms with Crippen LogP contribution in [0.1, 0.15) is 72.1 Å². The van der Waals surface area contributed by atoms with E-state index in [1.807, 2.05) is 55.9 Å². The van der Waals surface area contributed by atoms with Crippen LogP contribution in [0.5, 0.6) is 11.5 Å². The minimum atomic E-state index is -0.798. The van der Waals surface area contributed by atoms with Crippen molar-refractivity contribution in [1.29, 1.82) is 0 Å². The average Bonchev–Trinajstić information content (AvgIpc) is 3.41. The van der Waals surface area contributed by atoms with E-state index in [0.29, 0.717) is 56.6 Å². The van der Waals surface area contributed by atoms with Crippen LogP contribution in [0.25, 0.3) is 0 Å². The van der Waals surface area contributed by atoms with Crippen LogP contribution in [0.2, 0.25) is 0 Å². The fourth-order valence-electron chi connectivity index (χ4n) is 5.63. The number of aliphatic hydroxyl groups is 1. The molecule has 0 fully saturated rings. The normalized spacial score (nSPS) is 14.8. The van der Waals surface area contributed by atoms with Crippen LogP contribution in [-0.2, 0) is 29.0 Å². The van der Waals surface area contributed by atoms with E-state index >= 15 is 0 Å². The fraction of sp³-hybridized carbons (Fsp3) is 0.743. The predicted molar refractivity (Wildman–Crippen MR) is 183 cm³/mol. The van der Waals surface area contributed by atoms with Gasteiger partial charge in [-0.2, -0.15) is 0 Å². The number of nitrogens with zero attached hydrogens (tertiary/aromatic N) is 4. The Morgan fingerprint density at radius 3 is 2.41 bits per heavy atom. The molecule has 0 aliphatic rings. The van der Waals surface area contributed by atoms with Gasteiger partial charge in [0, 0.05) is 63.3 Å². The van der Waals surface area contributed by atoms with E-state index in [1.165, 1.54) is 0 Å². The molecule has 0 saturated heterocycles. The number of hydrogen-bond acceptors (Lipinski definition) is 9. The van der Waals surface area contributed by atoms with E-state index in [1.54, 1.807) is 14.2 Å². The van der Waals surface area contributed by atoms with Gasteiger partial charge in [0.25, 0.3) is 0 Å². The first-order valence-corrected chi connectivity index (χ1v) is 16.7. The van der Waals surface area contributed by atoms with E-state index in [-0.39, 0.29) is 29.1 Å². The molecule has 1 aromatic heterocycles. The zero-order chi connectivity index (χ0) is 34.4. The first-order chi connectivity index (χ1) is 21.6. The van der Waals surface area contributed by atoms with Gasteiger partial charge in [0.2, 0.25) is 5.91 Å². The molecule has 1 aromatic carbocycles. The quantitative estimate of drug-likeness (QED) is 0.161. The Balaban J connectivity index is 1.98. The first-order valence-electron chi connectivity index (χ1n) is 16.7. The van der Waals surface area contributed by atoms with Gasteiger partial charge < -0.3 is 35.3 Å². The predicted octanol–water partition coefficient (Wildman–Crippen LogP) is 4.16. The highest BCUT2D eigenvalue weighted by Crippen LogP contribution is 2.32. The van der Waals surface area contributed by atoms with Crippen LogP contribution in [-0.4, -0.2) is 91.1 Å². The summed E-state index contributed by atoms with van der Waals surface area (Å²) >= 11 is 0. The Morgan fingerprint density at radius 2 is 1.80 bits per heavy atom. The van der Waals surface area contributed by atoms with Gasteiger partial charge in [-0.1, -0.05) is 52.8 Å². The van der Waals surface area contributed by atoms with Gasteiger partial charge in [0.1, 0.15) is 0 Å². The molecular weight excluding hydrogens is 584 g/mol. The molecule has 4 N–H and O–H groups in total. The lowest BCUT2D eigenvalue weighted by Gasteiger charge is -2.31. The molecule has 0 aliphatic heterocycles. The van der Waals surface area contributed by atoms with Crippen LogP contribution < -0.4 is 20.5 Å². The molecule has 46 heavy (non-hydrogen) atoms. The minimum absolute atomic E-state index is 0.0522. The maximum Gasteiger partial charge on any atom is 0.223 e. The van der Waals surface area contributed by atoms with Crippen LogP contribution in [0.4, 0.5) is 0 Å². The molecule has 4 atom stereocenters. The molecule has 1 heterocycles. The van der Waals surface area contributed by atoms with Crippen molar-refractivity contribution in [2.24, 2.45) is 34.8 Å². The van der Waals surface area contributed by atoms with E-state index in [2.05, 4.69) is 49.4 Å². The van der Waals surface area contributed by atoms with Crippen molar-refractivity contribution in [3.63, 3.8) is 0 Å². The molecule has 0 saturated carbocycles. The summed E-state index contributed by atoms with van der Waals surface area (Å²) in [5.74, 6) is 1.64. The summed E-state index contributed by atoms with van der Waals surface area (Å²) in [6.45, 7) is 15.6. The Labute approximate surface area is 277 Å². The molecule has 0 bridgehead atoms. The van der Waals surface area contributed by atoms with Crippen LogP contribution in [0.15, 0.2) is 24.4 Å². The minimum Gasteiger partial charge on any atom is -0.493 e. The molecule has 2 rings (SSSR count). The van der Waals surface area contributed by atoms with Crippen molar-refractivity contribution in [3.8, 4) is 11.5 Å². The number of aliphatic hydroxyl groups excluding tert-OH is 1. The number of ether oxygens (including phenoxy) is 3. The number of carbonyl (C=O) groups excluding carboxylic acids is 1. The third kappa shape index (κ3) is 13.6. The summed E-state index contributed by atoms with van der Waals surface area (Å²) in [6.07, 6.45) is 3.70. The molecular formula is C35H62N6O5. The van der Waals surface area contributed by atoms with Crippen molar-refractivity contribution in [2.75, 3.05) is 48.1 Å². The molecule has 1 amide bonds. The lowest BCUT2D eigenvalue weighted by molar-refractivity contribution is -0.128. The summed E-state index contributed by atoms with van der Waals surface area (Å²) in [5, 5.41) is 22.9. The summed E-state index contributed by atoms with van der Waals surface area (Å²) in [7, 11) is 7.31. The number of carbonyl (C=O) groups is 1. The highest BCUT2D eigenvalue weighted by atomic mass is 16.5. The van der Waals surface area contributed by atoms with Gasteiger partial charge in [-0.3, -0.25) is 9.48 Å². The topological polar surface area (TPSA) is 137 Å². The molecule has 0 unspecified atom stereocenters. The second kappa shape index (κ2) is 19.2. The Kier molecular flexibility index (Phi) is 16.4. The van der Waals surface area contributed by atoms with E-state index in [9.17, 15) is 9.90 Å². The lowest BCUT2D eigenvalue weighted by Crippen LogP contribution is -2.44. The Hall–Kier alpha value is -2.73. The molecule has 0 aliphatic carbocycles. The molecule has 0 spiro atoms. The average molecular weight is 647 g/mol. The monoisotopic (exact) mass is 646 g/mol. The van der Waals surface area contributed by atoms with Crippen molar-refractivity contribution >= 4 is 5.91 Å². The molecule has 11 nitrogen and oxygen atoms in total. The second-order valence-corrected chi connectivity index (χ2v) is 14.5. The number of hydrogen-bond donors (Lipinski definition) is 3. The van der Waals surface area contributed by atoms with Crippen LogP contribution >= 0.6 is 0 Å². The maximum absolute atomic E-state index is 13.4. The summed E-state index contributed by atoms with van der Waals surface area (Å²) < 4.78 is 18.5. The number of amides is 1. The highest BCUT2D eigenvalue weighted by Gasteiger charge is 2.31. The van der Waals surface area contributed by atoms with E-state index in [4.69, 9.17) is 19.9 Å². The van der Waals surface area contributed by atoms with E-state index in [0.717, 1.165) is 30.6 Å². The zero-order valence-electron chi connectivity index (χ0n) is 30.1. The summed E-state index contributed by atoms with van der Waals surface area (Å²) in [4.78, 5) is 15.5. The van der Waals surface area contributed by atoms with Crippen molar-refractivity contribution in [3.05, 3.63) is 35.7 Å². The Bertz CT molecular complexity index is 1170. The smallest absolute Gasteiger partial charge is 0.223 e. The maximum atomic E-state index is 13.4. The third-order valence-electron chi connectivity index (χ3n) is 8.52. The van der Waals surface area contributed by atoms with Gasteiger partial charge >= 0.3 is 0 Å². The van der Waals surface area contributed by atoms with Crippen molar-refractivity contribution < 1.29 is 24.1 Å². The highest BCUT2D eigenvalue weighted by molar-refractivity contribution is 5.79. The van der Waals surface area contributed by atoms with Crippen LogP contribution in [0.3, 0.4) is 0 Å². The lowest BCUT2D eigenvalue weighted by atomic mass is 9.80. The molecule has 2 aromatic rings. The number of nitrogens with one attached hydrogen (secondary N) is 1. The number of nitrogens with two attached hydrogens (primary N) is 1. The summed E-state index contributed by atoms with van der Waals surface area (Å²) in [5.41, 5.74) is 8.43. The largest absolute Gasteiger partial charge is 0.493 e. The summed E-state index contributed by atoms with van der Waals surface area (Å²) in [6, 6.07) is 5.58. The second-order valence-electron chi connectivity index (χ2n) is 14.5. The van der Waals surface area contributed by atoms with Crippen molar-refractivity contribution in [1.82, 2.24) is 25.2 Å². The van der Waals surface area contributed by atoms with Gasteiger partial charge in [-0.25, -0.2) is 0 Å². The third-order valence-corrected chi connectivity index (χ3v) is 8.52. The SMILES string of the molecule is COCCCOc1cc(C[C@@H](C[C@H](N)[C@@H](O)C[C@H](C(=O)NCC(C)(C)Cn2cc(CN(C)C)nn2)C(C)C)C(C)C)ccc1OC. The fourth-order valence-corrected chi connectivity index (χ4v) is 5.63. The van der Waals surface area contributed by atoms with Crippen molar-refractivity contribution in [2.45, 2.75) is 92.5 Å². The van der Waals surface area contributed by atoms with Gasteiger partial charge in [0.05, 0.1) is 25.5 Å². The molecule has 0 radical (unpaired) electrons. The standard InChI is InChI=1S/C35H62N6O5/c1-24(2)27(16-26-12-13-32(45-10)33(17-26)46-15-11-14-44-9)18-30(36)31(42)19-29(25(3)4)34(43)37-22-35(5,6)23-41-21-28(38-39-41)20-40(7)8/h12-13,17,21,24-25,27,29-31,42H,11,14-16,18-20,22-23,36H2,1-10H3,(H,37,43)/t27-,29-,30-,31-/m0/s1. The first kappa shape index (κ1) is 39.4. The van der Waals surface area contributed by atoms with Crippen LogP contribution in [0, 0.1) is 29.1 Å². The number of aromatic nitrogens is 3. The van der Waals surface area contributed by atoms with Gasteiger partial charge in [-0.15, -0.1) is 5.10 Å². The van der Waals surface area contributed by atoms with Gasteiger partial charge in [-0.05, 0) is 68.8 Å². The molecule has 11 heteroatoms. The number of benzene rings is 1. The zero-order valence-corrected chi connectivity index (χ0v) is 30.1.